The third-order valence-corrected chi connectivity index (χ3v) is 5.35. The van der Waals surface area contributed by atoms with Gasteiger partial charge in [0.15, 0.2) is 0 Å². The second-order valence-corrected chi connectivity index (χ2v) is 6.98. The average Bonchev–Trinajstić information content (AvgIpc) is 2.64. The Kier molecular flexibility index (Phi) is 6.13. The van der Waals surface area contributed by atoms with Crippen LogP contribution in [0.4, 0.5) is 0 Å². The molecular weight excluding hydrogens is 214 g/mol. The SMILES string of the molecule is CC(CCNCC1CCSC1)S(C)=O. The minimum Gasteiger partial charge on any atom is -0.316 e. The fraction of sp³-hybridized carbons (Fsp3) is 1.00. The second-order valence-electron chi connectivity index (χ2n) is 4.03. The molecule has 0 saturated carbocycles. The van der Waals surface area contributed by atoms with Gasteiger partial charge in [0.25, 0.3) is 0 Å². The maximum atomic E-state index is 11.1. The number of thioether (sulfide) groups is 1. The first-order valence-corrected chi connectivity index (χ1v) is 8.08. The minimum atomic E-state index is -0.660. The molecule has 0 amide bonds. The quantitative estimate of drug-likeness (QED) is 0.707. The van der Waals surface area contributed by atoms with Gasteiger partial charge in [-0.2, -0.15) is 11.8 Å². The molecule has 0 aromatic carbocycles. The van der Waals surface area contributed by atoms with E-state index in [1.165, 1.54) is 17.9 Å². The standard InChI is InChI=1S/C10H21NOS2/c1-9(14(2)12)3-5-11-7-10-4-6-13-8-10/h9-11H,3-8H2,1-2H3. The summed E-state index contributed by atoms with van der Waals surface area (Å²) in [4.78, 5) is 0. The summed E-state index contributed by atoms with van der Waals surface area (Å²) in [6.07, 6.45) is 4.19. The molecule has 1 N–H and O–H groups in total. The summed E-state index contributed by atoms with van der Waals surface area (Å²) < 4.78 is 11.1. The minimum absolute atomic E-state index is 0.334. The molecule has 1 aliphatic heterocycles. The molecule has 1 aliphatic rings. The van der Waals surface area contributed by atoms with Crippen molar-refractivity contribution < 1.29 is 4.21 Å². The van der Waals surface area contributed by atoms with Crippen molar-refractivity contribution in [3.05, 3.63) is 0 Å². The Morgan fingerprint density at radius 1 is 1.64 bits per heavy atom. The number of rotatable bonds is 6. The predicted molar refractivity (Wildman–Crippen MR) is 66.4 cm³/mol. The zero-order valence-electron chi connectivity index (χ0n) is 9.12. The summed E-state index contributed by atoms with van der Waals surface area (Å²) >= 11 is 2.06. The lowest BCUT2D eigenvalue weighted by atomic mass is 10.1. The summed E-state index contributed by atoms with van der Waals surface area (Å²) in [6.45, 7) is 4.22. The Labute approximate surface area is 94.1 Å². The highest BCUT2D eigenvalue weighted by Crippen LogP contribution is 2.22. The van der Waals surface area contributed by atoms with Crippen LogP contribution in [0.25, 0.3) is 0 Å². The highest BCUT2D eigenvalue weighted by Gasteiger charge is 2.14. The molecule has 1 saturated heterocycles. The van der Waals surface area contributed by atoms with E-state index in [-0.39, 0.29) is 0 Å². The number of nitrogens with one attached hydrogen (secondary N) is 1. The van der Waals surface area contributed by atoms with E-state index in [9.17, 15) is 4.21 Å². The van der Waals surface area contributed by atoms with Gasteiger partial charge in [0.2, 0.25) is 0 Å². The van der Waals surface area contributed by atoms with Crippen LogP contribution in [0.5, 0.6) is 0 Å². The van der Waals surface area contributed by atoms with Gasteiger partial charge in [-0.25, -0.2) is 0 Å². The summed E-state index contributed by atoms with van der Waals surface area (Å²) in [6, 6.07) is 0. The predicted octanol–water partition coefficient (Wildman–Crippen LogP) is 1.49. The van der Waals surface area contributed by atoms with Gasteiger partial charge in [-0.1, -0.05) is 6.92 Å². The first kappa shape index (κ1) is 12.5. The summed E-state index contributed by atoms with van der Waals surface area (Å²) in [5, 5.41) is 3.80. The lowest BCUT2D eigenvalue weighted by Gasteiger charge is -2.12. The molecule has 14 heavy (non-hydrogen) atoms. The van der Waals surface area contributed by atoms with E-state index in [1.807, 2.05) is 0 Å². The van der Waals surface area contributed by atoms with Crippen molar-refractivity contribution in [2.75, 3.05) is 30.9 Å². The first-order valence-electron chi connectivity index (χ1n) is 5.31. The van der Waals surface area contributed by atoms with Crippen LogP contribution in [0.15, 0.2) is 0 Å². The van der Waals surface area contributed by atoms with Gasteiger partial charge in [0, 0.05) is 22.3 Å². The molecule has 0 aromatic rings. The molecule has 1 rings (SSSR count). The summed E-state index contributed by atoms with van der Waals surface area (Å²) in [5.74, 6) is 3.53. The molecule has 0 aliphatic carbocycles. The molecule has 0 spiro atoms. The fourth-order valence-electron chi connectivity index (χ4n) is 1.52. The van der Waals surface area contributed by atoms with Crippen LogP contribution >= 0.6 is 11.8 Å². The molecule has 1 heterocycles. The molecule has 3 unspecified atom stereocenters. The number of hydrogen-bond donors (Lipinski definition) is 1. The normalized spacial score (nSPS) is 26.3. The van der Waals surface area contributed by atoms with Gasteiger partial charge < -0.3 is 5.32 Å². The zero-order chi connectivity index (χ0) is 10.4. The monoisotopic (exact) mass is 235 g/mol. The summed E-state index contributed by atoms with van der Waals surface area (Å²) in [5.41, 5.74) is 0. The smallest absolute Gasteiger partial charge is 0.0329 e. The van der Waals surface area contributed by atoms with E-state index in [0.717, 1.165) is 25.4 Å². The van der Waals surface area contributed by atoms with Crippen molar-refractivity contribution in [1.82, 2.24) is 5.32 Å². The van der Waals surface area contributed by atoms with E-state index in [2.05, 4.69) is 24.0 Å². The Morgan fingerprint density at radius 3 is 3.00 bits per heavy atom. The maximum absolute atomic E-state index is 11.1. The molecule has 4 heteroatoms. The van der Waals surface area contributed by atoms with E-state index < -0.39 is 10.8 Å². The Morgan fingerprint density at radius 2 is 2.43 bits per heavy atom. The van der Waals surface area contributed by atoms with Gasteiger partial charge in [-0.05, 0) is 43.4 Å². The fourth-order valence-corrected chi connectivity index (χ4v) is 3.26. The third-order valence-electron chi connectivity index (χ3n) is 2.75. The van der Waals surface area contributed by atoms with E-state index in [1.54, 1.807) is 6.26 Å². The second kappa shape index (κ2) is 6.85. The number of hydrogen-bond acceptors (Lipinski definition) is 3. The molecule has 0 aromatic heterocycles. The van der Waals surface area contributed by atoms with Crippen molar-refractivity contribution in [1.29, 1.82) is 0 Å². The van der Waals surface area contributed by atoms with Crippen LogP contribution in [0.1, 0.15) is 19.8 Å². The van der Waals surface area contributed by atoms with Crippen LogP contribution in [-0.2, 0) is 10.8 Å². The third kappa shape index (κ3) is 4.80. The molecule has 3 atom stereocenters. The van der Waals surface area contributed by atoms with Crippen LogP contribution in [0.2, 0.25) is 0 Å². The van der Waals surface area contributed by atoms with Gasteiger partial charge in [-0.15, -0.1) is 0 Å². The van der Waals surface area contributed by atoms with Gasteiger partial charge in [0.1, 0.15) is 0 Å². The lowest BCUT2D eigenvalue weighted by molar-refractivity contribution is 0.516. The van der Waals surface area contributed by atoms with Crippen LogP contribution < -0.4 is 5.32 Å². The Hall–Kier alpha value is 0.460. The Bertz CT molecular complexity index is 181. The molecule has 84 valence electrons. The highest BCUT2D eigenvalue weighted by atomic mass is 32.2. The molecule has 0 bridgehead atoms. The molecular formula is C10H21NOS2. The lowest BCUT2D eigenvalue weighted by Crippen LogP contribution is -2.26. The maximum Gasteiger partial charge on any atom is 0.0329 e. The van der Waals surface area contributed by atoms with Crippen LogP contribution in [-0.4, -0.2) is 40.3 Å². The molecule has 1 fully saturated rings. The van der Waals surface area contributed by atoms with Crippen LogP contribution in [0.3, 0.4) is 0 Å². The Balaban J connectivity index is 1.95. The van der Waals surface area contributed by atoms with Gasteiger partial charge in [-0.3, -0.25) is 4.21 Å². The summed E-state index contributed by atoms with van der Waals surface area (Å²) in [7, 11) is -0.660. The van der Waals surface area contributed by atoms with Crippen molar-refractivity contribution in [3.8, 4) is 0 Å². The first-order chi connectivity index (χ1) is 6.70. The topological polar surface area (TPSA) is 29.1 Å². The highest BCUT2D eigenvalue weighted by molar-refractivity contribution is 7.99. The molecule has 0 radical (unpaired) electrons. The van der Waals surface area contributed by atoms with Gasteiger partial charge in [0.05, 0.1) is 0 Å². The van der Waals surface area contributed by atoms with Gasteiger partial charge >= 0.3 is 0 Å². The zero-order valence-corrected chi connectivity index (χ0v) is 10.8. The van der Waals surface area contributed by atoms with Crippen LogP contribution in [0, 0.1) is 5.92 Å². The van der Waals surface area contributed by atoms with E-state index in [0.29, 0.717) is 5.25 Å². The van der Waals surface area contributed by atoms with Crippen molar-refractivity contribution in [2.45, 2.75) is 25.0 Å². The van der Waals surface area contributed by atoms with Crippen molar-refractivity contribution >= 4 is 22.6 Å². The van der Waals surface area contributed by atoms with Crippen molar-refractivity contribution in [2.24, 2.45) is 5.92 Å². The largest absolute Gasteiger partial charge is 0.316 e. The van der Waals surface area contributed by atoms with Crippen molar-refractivity contribution in [3.63, 3.8) is 0 Å². The average molecular weight is 235 g/mol. The van der Waals surface area contributed by atoms with E-state index >= 15 is 0 Å². The van der Waals surface area contributed by atoms with E-state index in [4.69, 9.17) is 0 Å². The molecule has 2 nitrogen and oxygen atoms in total.